The second kappa shape index (κ2) is 9.39. The zero-order chi connectivity index (χ0) is 10.9. The van der Waals surface area contributed by atoms with Crippen LogP contribution in [-0.4, -0.2) is 11.3 Å². The van der Waals surface area contributed by atoms with Gasteiger partial charge in [0.15, 0.2) is 6.29 Å². The zero-order valence-electron chi connectivity index (χ0n) is 9.34. The molecule has 0 spiro atoms. The number of nitrogens with zero attached hydrogens (tertiary/aromatic N) is 1. The summed E-state index contributed by atoms with van der Waals surface area (Å²) in [6.07, 6.45) is 0.847. The van der Waals surface area contributed by atoms with Gasteiger partial charge in [-0.3, -0.25) is 4.79 Å². The van der Waals surface area contributed by atoms with E-state index < -0.39 is 0 Å². The van der Waals surface area contributed by atoms with Crippen molar-refractivity contribution in [2.75, 3.05) is 0 Å². The smallest absolute Gasteiger partial charge is 0.161 e. The van der Waals surface area contributed by atoms with E-state index in [-0.39, 0.29) is 0 Å². The lowest BCUT2D eigenvalue weighted by Crippen LogP contribution is -1.76. The Morgan fingerprint density at radius 1 is 1.15 bits per heavy atom. The maximum absolute atomic E-state index is 10.2. The van der Waals surface area contributed by atoms with Gasteiger partial charge in [0.05, 0.1) is 15.6 Å². The number of thiazole rings is 1. The Balaban J connectivity index is 0. The van der Waals surface area contributed by atoms with E-state index in [1.54, 1.807) is 0 Å². The number of carbonyl (C=O) groups excluding carboxylic acids is 1. The minimum Gasteiger partial charge on any atom is -0.297 e. The Labute approximate surface area is 85.0 Å². The van der Waals surface area contributed by atoms with Gasteiger partial charge in [0, 0.05) is 0 Å². The van der Waals surface area contributed by atoms with Gasteiger partial charge in [-0.15, -0.1) is 11.3 Å². The fourth-order valence-electron chi connectivity index (χ4n) is 0.656. The molecule has 76 valence electrons. The van der Waals surface area contributed by atoms with Crippen LogP contribution in [0.4, 0.5) is 0 Å². The lowest BCUT2D eigenvalue weighted by molar-refractivity contribution is 0.112. The predicted molar refractivity (Wildman–Crippen MR) is 59.7 cm³/mol. The molecular formula is C10H19NOS. The van der Waals surface area contributed by atoms with Crippen molar-refractivity contribution in [1.29, 1.82) is 0 Å². The quantitative estimate of drug-likeness (QED) is 0.649. The maximum atomic E-state index is 10.2. The lowest BCUT2D eigenvalue weighted by atomic mass is 10.4. The van der Waals surface area contributed by atoms with Crippen LogP contribution < -0.4 is 0 Å². The zero-order valence-corrected chi connectivity index (χ0v) is 10.2. The highest BCUT2D eigenvalue weighted by Crippen LogP contribution is 2.13. The summed E-state index contributed by atoms with van der Waals surface area (Å²) in [6.45, 7) is 11.7. The van der Waals surface area contributed by atoms with Crippen LogP contribution in [0.2, 0.25) is 0 Å². The number of aldehydes is 1. The van der Waals surface area contributed by atoms with Gasteiger partial charge >= 0.3 is 0 Å². The van der Waals surface area contributed by atoms with E-state index >= 15 is 0 Å². The highest BCUT2D eigenvalue weighted by atomic mass is 32.1. The molecule has 0 saturated heterocycles. The molecule has 1 rings (SSSR count). The molecule has 3 heteroatoms. The summed E-state index contributed by atoms with van der Waals surface area (Å²) < 4.78 is 0. The minimum absolute atomic E-state index is 0.743. The first kappa shape index (κ1) is 14.8. The van der Waals surface area contributed by atoms with Crippen molar-refractivity contribution in [2.24, 2.45) is 0 Å². The van der Waals surface area contributed by atoms with Gasteiger partial charge in [-0.2, -0.15) is 0 Å². The Hall–Kier alpha value is -0.700. The highest BCUT2D eigenvalue weighted by Gasteiger charge is 2.00. The lowest BCUT2D eigenvalue weighted by Gasteiger charge is -1.77. The summed E-state index contributed by atoms with van der Waals surface area (Å²) >= 11 is 1.44. The molecule has 1 heterocycles. The second-order valence-corrected chi connectivity index (χ2v) is 3.04. The predicted octanol–water partition coefficient (Wildman–Crippen LogP) is 3.62. The summed E-state index contributed by atoms with van der Waals surface area (Å²) in [5.74, 6) is 0. The van der Waals surface area contributed by atoms with Crippen LogP contribution in [0.5, 0.6) is 0 Å². The number of rotatable bonds is 1. The molecule has 1 aromatic heterocycles. The van der Waals surface area contributed by atoms with Crippen LogP contribution >= 0.6 is 11.3 Å². The van der Waals surface area contributed by atoms with Crippen molar-refractivity contribution in [3.8, 4) is 0 Å². The molecular weight excluding hydrogens is 182 g/mol. The molecule has 0 atom stereocenters. The summed E-state index contributed by atoms with van der Waals surface area (Å²) in [5.41, 5.74) is 0.840. The molecule has 0 bridgehead atoms. The van der Waals surface area contributed by atoms with Crippen molar-refractivity contribution in [2.45, 2.75) is 41.5 Å². The monoisotopic (exact) mass is 201 g/mol. The van der Waals surface area contributed by atoms with Crippen molar-refractivity contribution in [3.63, 3.8) is 0 Å². The third kappa shape index (κ3) is 5.53. The Morgan fingerprint density at radius 3 is 1.77 bits per heavy atom. The molecule has 13 heavy (non-hydrogen) atoms. The Morgan fingerprint density at radius 2 is 1.62 bits per heavy atom. The normalized spacial score (nSPS) is 7.54. The van der Waals surface area contributed by atoms with Crippen molar-refractivity contribution in [1.82, 2.24) is 4.98 Å². The van der Waals surface area contributed by atoms with E-state index in [0.717, 1.165) is 21.9 Å². The topological polar surface area (TPSA) is 30.0 Å². The second-order valence-electron chi connectivity index (χ2n) is 1.80. The molecule has 0 radical (unpaired) electrons. The number of carbonyl (C=O) groups is 1. The molecule has 0 aliphatic heterocycles. The molecule has 0 amide bonds. The van der Waals surface area contributed by atoms with Gasteiger partial charge in [-0.05, 0) is 13.8 Å². The number of hydrogen-bond donors (Lipinski definition) is 0. The highest BCUT2D eigenvalue weighted by molar-refractivity contribution is 7.13. The standard InChI is InChI=1S/C6H7NOS.2C2H6/c1-4-6(3-8)9-5(2)7-4;2*1-2/h3H,1-2H3;2*1-2H3. The summed E-state index contributed by atoms with van der Waals surface area (Å²) in [4.78, 5) is 15.0. The summed E-state index contributed by atoms with van der Waals surface area (Å²) in [7, 11) is 0. The number of aromatic nitrogens is 1. The van der Waals surface area contributed by atoms with Crippen LogP contribution in [0.25, 0.3) is 0 Å². The average molecular weight is 201 g/mol. The molecule has 2 nitrogen and oxygen atoms in total. The van der Waals surface area contributed by atoms with Crippen molar-refractivity contribution >= 4 is 17.6 Å². The Kier molecular flexibility index (Phi) is 10.7. The van der Waals surface area contributed by atoms with E-state index in [1.165, 1.54) is 11.3 Å². The van der Waals surface area contributed by atoms with Gasteiger partial charge in [-0.25, -0.2) is 4.98 Å². The third-order valence-electron chi connectivity index (χ3n) is 1.05. The molecule has 0 fully saturated rings. The van der Waals surface area contributed by atoms with E-state index in [4.69, 9.17) is 0 Å². The molecule has 0 aromatic carbocycles. The number of aryl methyl sites for hydroxylation is 2. The average Bonchev–Trinajstić information content (AvgIpc) is 2.51. The summed E-state index contributed by atoms with van der Waals surface area (Å²) in [6, 6.07) is 0. The Bertz CT molecular complexity index is 231. The fourth-order valence-corrected chi connectivity index (χ4v) is 1.40. The van der Waals surface area contributed by atoms with E-state index in [1.807, 2.05) is 41.5 Å². The molecule has 0 N–H and O–H groups in total. The first-order valence-corrected chi connectivity index (χ1v) is 5.45. The van der Waals surface area contributed by atoms with Gasteiger partial charge in [0.2, 0.25) is 0 Å². The van der Waals surface area contributed by atoms with Crippen molar-refractivity contribution in [3.05, 3.63) is 15.6 Å². The molecule has 1 aromatic rings. The molecule has 0 unspecified atom stereocenters. The van der Waals surface area contributed by atoms with Gasteiger partial charge < -0.3 is 0 Å². The van der Waals surface area contributed by atoms with Crippen LogP contribution in [0, 0.1) is 13.8 Å². The fraction of sp³-hybridized carbons (Fsp3) is 0.600. The largest absolute Gasteiger partial charge is 0.297 e. The van der Waals surface area contributed by atoms with Crippen LogP contribution in [0.3, 0.4) is 0 Å². The molecule has 0 saturated carbocycles. The maximum Gasteiger partial charge on any atom is 0.161 e. The molecule has 0 aliphatic carbocycles. The van der Waals surface area contributed by atoms with Crippen LogP contribution in [0.15, 0.2) is 0 Å². The van der Waals surface area contributed by atoms with Crippen LogP contribution in [-0.2, 0) is 0 Å². The van der Waals surface area contributed by atoms with Gasteiger partial charge in [-0.1, -0.05) is 27.7 Å². The number of hydrogen-bond acceptors (Lipinski definition) is 3. The van der Waals surface area contributed by atoms with Crippen LogP contribution in [0.1, 0.15) is 48.1 Å². The first-order valence-electron chi connectivity index (χ1n) is 4.63. The third-order valence-corrected chi connectivity index (χ3v) is 2.04. The van der Waals surface area contributed by atoms with E-state index in [2.05, 4.69) is 4.98 Å². The van der Waals surface area contributed by atoms with Crippen molar-refractivity contribution < 1.29 is 4.79 Å². The molecule has 0 aliphatic rings. The van der Waals surface area contributed by atoms with Gasteiger partial charge in [0.25, 0.3) is 0 Å². The van der Waals surface area contributed by atoms with Gasteiger partial charge in [0.1, 0.15) is 0 Å². The van der Waals surface area contributed by atoms with E-state index in [0.29, 0.717) is 0 Å². The SMILES string of the molecule is CC.CC.Cc1nc(C)c(C=O)s1. The van der Waals surface area contributed by atoms with E-state index in [9.17, 15) is 4.79 Å². The minimum atomic E-state index is 0.743. The first-order chi connectivity index (χ1) is 6.24. The summed E-state index contributed by atoms with van der Waals surface area (Å²) in [5, 5.41) is 0.953.